The minimum atomic E-state index is 0.649. The van der Waals surface area contributed by atoms with Gasteiger partial charge in [-0.05, 0) is 43.4 Å². The van der Waals surface area contributed by atoms with Crippen molar-refractivity contribution < 1.29 is 0 Å². The molecule has 3 rings (SSSR count). The van der Waals surface area contributed by atoms with Gasteiger partial charge in [-0.2, -0.15) is 5.26 Å². The van der Waals surface area contributed by atoms with Gasteiger partial charge in [-0.15, -0.1) is 11.3 Å². The van der Waals surface area contributed by atoms with E-state index in [4.69, 9.17) is 10.7 Å². The molecule has 3 nitrogen and oxygen atoms in total. The van der Waals surface area contributed by atoms with Crippen molar-refractivity contribution in [3.63, 3.8) is 0 Å². The van der Waals surface area contributed by atoms with Crippen molar-refractivity contribution in [3.8, 4) is 6.07 Å². The minimum Gasteiger partial charge on any atom is -0.317 e. The van der Waals surface area contributed by atoms with Gasteiger partial charge >= 0.3 is 0 Å². The van der Waals surface area contributed by atoms with Crippen LogP contribution < -0.4 is 4.80 Å². The van der Waals surface area contributed by atoms with Crippen LogP contribution in [0, 0.1) is 16.7 Å². The summed E-state index contributed by atoms with van der Waals surface area (Å²) in [6.07, 6.45) is 4.72. The van der Waals surface area contributed by atoms with Crippen LogP contribution in [0.3, 0.4) is 0 Å². The normalized spacial score (nSPS) is 13.8. The fourth-order valence-electron chi connectivity index (χ4n) is 2.59. The fourth-order valence-corrected chi connectivity index (χ4v) is 3.68. The lowest BCUT2D eigenvalue weighted by Gasteiger charge is -2.14. The van der Waals surface area contributed by atoms with Gasteiger partial charge in [0.2, 0.25) is 0 Å². The van der Waals surface area contributed by atoms with E-state index in [2.05, 4.69) is 10.6 Å². The standard InChI is InChI=1S/C15H15N3S/c16-9-11-5-7-12(8-6-11)10-18-13-3-1-2-4-14(13)19-15(18)17/h5-8,17H,1-4,10H2. The molecule has 1 N–H and O–H groups in total. The summed E-state index contributed by atoms with van der Waals surface area (Å²) in [6, 6.07) is 9.79. The van der Waals surface area contributed by atoms with E-state index in [9.17, 15) is 0 Å². The molecule has 19 heavy (non-hydrogen) atoms. The zero-order valence-corrected chi connectivity index (χ0v) is 11.5. The van der Waals surface area contributed by atoms with Crippen LogP contribution in [0.2, 0.25) is 0 Å². The Morgan fingerprint density at radius 3 is 2.68 bits per heavy atom. The second-order valence-corrected chi connectivity index (χ2v) is 5.96. The molecular weight excluding hydrogens is 254 g/mol. The lowest BCUT2D eigenvalue weighted by Crippen LogP contribution is -2.18. The van der Waals surface area contributed by atoms with Crippen LogP contribution in [0.4, 0.5) is 0 Å². The van der Waals surface area contributed by atoms with Crippen LogP contribution in [-0.4, -0.2) is 4.57 Å². The summed E-state index contributed by atoms with van der Waals surface area (Å²) in [7, 11) is 0. The lowest BCUT2D eigenvalue weighted by molar-refractivity contribution is 0.619. The SMILES string of the molecule is N#Cc1ccc(Cn2c3c(sc2=N)CCCC3)cc1. The molecule has 0 spiro atoms. The molecule has 0 unspecified atom stereocenters. The Bertz CT molecular complexity index is 686. The predicted molar refractivity (Wildman–Crippen MR) is 75.1 cm³/mol. The highest BCUT2D eigenvalue weighted by Crippen LogP contribution is 2.24. The molecule has 0 atom stereocenters. The summed E-state index contributed by atoms with van der Waals surface area (Å²) in [5, 5.41) is 16.9. The van der Waals surface area contributed by atoms with Gasteiger partial charge < -0.3 is 4.57 Å². The quantitative estimate of drug-likeness (QED) is 0.895. The minimum absolute atomic E-state index is 0.649. The van der Waals surface area contributed by atoms with Gasteiger partial charge in [0.15, 0.2) is 4.80 Å². The van der Waals surface area contributed by atoms with E-state index in [0.29, 0.717) is 10.4 Å². The first-order chi connectivity index (χ1) is 9.28. The molecule has 4 heteroatoms. The van der Waals surface area contributed by atoms with Crippen molar-refractivity contribution >= 4 is 11.3 Å². The van der Waals surface area contributed by atoms with E-state index in [1.54, 1.807) is 11.3 Å². The average Bonchev–Trinajstić information content (AvgIpc) is 2.76. The van der Waals surface area contributed by atoms with Gasteiger partial charge in [-0.3, -0.25) is 5.41 Å². The zero-order valence-electron chi connectivity index (χ0n) is 10.6. The Morgan fingerprint density at radius 1 is 1.21 bits per heavy atom. The second kappa shape index (κ2) is 5.02. The van der Waals surface area contributed by atoms with Crippen LogP contribution >= 0.6 is 11.3 Å². The molecule has 0 radical (unpaired) electrons. The molecule has 0 saturated heterocycles. The largest absolute Gasteiger partial charge is 0.317 e. The first-order valence-electron chi connectivity index (χ1n) is 6.53. The highest BCUT2D eigenvalue weighted by Gasteiger charge is 2.16. The number of aromatic nitrogens is 1. The van der Waals surface area contributed by atoms with Crippen LogP contribution in [0.25, 0.3) is 0 Å². The highest BCUT2D eigenvalue weighted by atomic mass is 32.1. The first-order valence-corrected chi connectivity index (χ1v) is 7.34. The van der Waals surface area contributed by atoms with Crippen LogP contribution in [0.1, 0.15) is 34.5 Å². The van der Waals surface area contributed by atoms with Gasteiger partial charge in [0.1, 0.15) is 0 Å². The molecule has 0 amide bonds. The second-order valence-electron chi connectivity index (χ2n) is 4.88. The topological polar surface area (TPSA) is 52.6 Å². The predicted octanol–water partition coefficient (Wildman–Crippen LogP) is 2.83. The number of nitriles is 1. The van der Waals surface area contributed by atoms with Gasteiger partial charge in [0.25, 0.3) is 0 Å². The summed E-state index contributed by atoms with van der Waals surface area (Å²) in [6.45, 7) is 0.746. The third-order valence-electron chi connectivity index (χ3n) is 3.60. The van der Waals surface area contributed by atoms with Crippen LogP contribution in [0.5, 0.6) is 0 Å². The fraction of sp³-hybridized carbons (Fsp3) is 0.333. The number of hydrogen-bond donors (Lipinski definition) is 1. The molecule has 1 heterocycles. The molecule has 96 valence electrons. The molecule has 1 aromatic heterocycles. The number of hydrogen-bond acceptors (Lipinski definition) is 3. The molecule has 0 bridgehead atoms. The maximum atomic E-state index is 8.80. The van der Waals surface area contributed by atoms with Crippen molar-refractivity contribution in [1.29, 1.82) is 10.7 Å². The molecule has 0 aliphatic heterocycles. The van der Waals surface area contributed by atoms with Gasteiger partial charge in [0.05, 0.1) is 18.2 Å². The average molecular weight is 269 g/mol. The maximum absolute atomic E-state index is 8.80. The van der Waals surface area contributed by atoms with Crippen molar-refractivity contribution in [2.75, 3.05) is 0 Å². The number of nitrogens with zero attached hydrogens (tertiary/aromatic N) is 2. The van der Waals surface area contributed by atoms with E-state index < -0.39 is 0 Å². The number of benzene rings is 1. The third-order valence-corrected chi connectivity index (χ3v) is 4.70. The lowest BCUT2D eigenvalue weighted by atomic mass is 10.0. The smallest absolute Gasteiger partial charge is 0.182 e. The molecule has 1 aliphatic carbocycles. The van der Waals surface area contributed by atoms with Crippen LogP contribution in [-0.2, 0) is 19.4 Å². The van der Waals surface area contributed by atoms with Crippen molar-refractivity contribution in [2.45, 2.75) is 32.2 Å². The number of rotatable bonds is 2. The number of nitrogens with one attached hydrogen (secondary N) is 1. The molecule has 1 aliphatic rings. The van der Waals surface area contributed by atoms with E-state index in [-0.39, 0.29) is 0 Å². The van der Waals surface area contributed by atoms with Gasteiger partial charge in [-0.1, -0.05) is 12.1 Å². The number of thiazole rings is 1. The molecule has 0 saturated carbocycles. The summed E-state index contributed by atoms with van der Waals surface area (Å²) in [4.78, 5) is 2.04. The van der Waals surface area contributed by atoms with E-state index >= 15 is 0 Å². The van der Waals surface area contributed by atoms with E-state index in [1.165, 1.54) is 23.4 Å². The van der Waals surface area contributed by atoms with Gasteiger partial charge in [0, 0.05) is 10.6 Å². The third kappa shape index (κ3) is 2.34. The Morgan fingerprint density at radius 2 is 1.95 bits per heavy atom. The maximum Gasteiger partial charge on any atom is 0.182 e. The van der Waals surface area contributed by atoms with Crippen molar-refractivity contribution in [1.82, 2.24) is 4.57 Å². The highest BCUT2D eigenvalue weighted by molar-refractivity contribution is 7.09. The Balaban J connectivity index is 1.92. The summed E-state index contributed by atoms with van der Waals surface area (Å²) < 4.78 is 2.13. The summed E-state index contributed by atoms with van der Waals surface area (Å²) in [5.74, 6) is 0. The van der Waals surface area contributed by atoms with Crippen LogP contribution in [0.15, 0.2) is 24.3 Å². The van der Waals surface area contributed by atoms with Crippen molar-refractivity contribution in [2.24, 2.45) is 0 Å². The first kappa shape index (κ1) is 12.2. The number of aryl methyl sites for hydroxylation is 1. The number of fused-ring (bicyclic) bond motifs is 1. The Hall–Kier alpha value is -1.86. The zero-order chi connectivity index (χ0) is 13.2. The molecular formula is C15H15N3S. The molecule has 2 aromatic rings. The summed E-state index contributed by atoms with van der Waals surface area (Å²) in [5.41, 5.74) is 3.20. The summed E-state index contributed by atoms with van der Waals surface area (Å²) >= 11 is 1.62. The van der Waals surface area contributed by atoms with Crippen molar-refractivity contribution in [3.05, 3.63) is 50.8 Å². The van der Waals surface area contributed by atoms with Gasteiger partial charge in [-0.25, -0.2) is 0 Å². The molecule has 0 fully saturated rings. The Kier molecular flexibility index (Phi) is 3.22. The Labute approximate surface area is 116 Å². The monoisotopic (exact) mass is 269 g/mol. The van der Waals surface area contributed by atoms with E-state index in [1.807, 2.05) is 24.3 Å². The van der Waals surface area contributed by atoms with E-state index in [0.717, 1.165) is 24.9 Å². The molecule has 1 aromatic carbocycles.